The Morgan fingerprint density at radius 2 is 1.58 bits per heavy atom. The van der Waals surface area contributed by atoms with Gasteiger partial charge < -0.3 is 19.3 Å². The lowest BCUT2D eigenvalue weighted by atomic mass is 10.0. The monoisotopic (exact) mass is 348 g/mol. The van der Waals surface area contributed by atoms with Crippen molar-refractivity contribution in [2.75, 3.05) is 13.2 Å². The maximum Gasteiger partial charge on any atom is 0.161 e. The van der Waals surface area contributed by atoms with Crippen LogP contribution in [-0.2, 0) is 13.2 Å². The highest BCUT2D eigenvalue weighted by atomic mass is 16.6. The van der Waals surface area contributed by atoms with Crippen molar-refractivity contribution in [1.29, 1.82) is 0 Å². The van der Waals surface area contributed by atoms with E-state index in [1.807, 2.05) is 66.7 Å². The average Bonchev–Trinajstić information content (AvgIpc) is 2.72. The lowest BCUT2D eigenvalue weighted by Crippen LogP contribution is -2.15. The van der Waals surface area contributed by atoms with E-state index in [1.165, 1.54) is 0 Å². The Kier molecular flexibility index (Phi) is 4.75. The first kappa shape index (κ1) is 16.5. The van der Waals surface area contributed by atoms with Crippen molar-refractivity contribution in [3.8, 4) is 28.4 Å². The Bertz CT molecular complexity index is 890. The molecule has 4 rings (SSSR count). The molecule has 0 radical (unpaired) electrons. The molecule has 0 bridgehead atoms. The number of ether oxygens (including phenoxy) is 3. The molecule has 132 valence electrons. The molecule has 0 saturated carbocycles. The maximum atomic E-state index is 9.61. The van der Waals surface area contributed by atoms with Crippen LogP contribution in [0.25, 0.3) is 11.1 Å². The molecule has 0 unspecified atom stereocenters. The van der Waals surface area contributed by atoms with E-state index in [0.717, 1.165) is 39.5 Å². The van der Waals surface area contributed by atoms with E-state index < -0.39 is 0 Å². The van der Waals surface area contributed by atoms with Gasteiger partial charge in [0.2, 0.25) is 0 Å². The predicted molar refractivity (Wildman–Crippen MR) is 99.6 cm³/mol. The summed E-state index contributed by atoms with van der Waals surface area (Å²) in [7, 11) is 0. The lowest BCUT2D eigenvalue weighted by Gasteiger charge is -2.19. The van der Waals surface area contributed by atoms with E-state index in [1.54, 1.807) is 0 Å². The van der Waals surface area contributed by atoms with Crippen molar-refractivity contribution in [1.82, 2.24) is 0 Å². The van der Waals surface area contributed by atoms with Crippen LogP contribution >= 0.6 is 0 Å². The molecule has 0 atom stereocenters. The van der Waals surface area contributed by atoms with Gasteiger partial charge >= 0.3 is 0 Å². The van der Waals surface area contributed by atoms with E-state index in [-0.39, 0.29) is 6.61 Å². The van der Waals surface area contributed by atoms with Gasteiger partial charge in [-0.05, 0) is 52.6 Å². The van der Waals surface area contributed by atoms with Crippen LogP contribution in [0.2, 0.25) is 0 Å². The van der Waals surface area contributed by atoms with Crippen LogP contribution in [-0.4, -0.2) is 18.3 Å². The van der Waals surface area contributed by atoms with Gasteiger partial charge in [-0.15, -0.1) is 0 Å². The molecule has 26 heavy (non-hydrogen) atoms. The molecule has 0 aliphatic carbocycles. The summed E-state index contributed by atoms with van der Waals surface area (Å²) in [6.45, 7) is 1.57. The highest BCUT2D eigenvalue weighted by Crippen LogP contribution is 2.36. The molecule has 0 amide bonds. The SMILES string of the molecule is OCc1cc(OCc2ccccc2)cc(-c2ccc3c(c2)OCCO3)c1. The van der Waals surface area contributed by atoms with Gasteiger partial charge in [0.1, 0.15) is 25.6 Å². The summed E-state index contributed by atoms with van der Waals surface area (Å²) >= 11 is 0. The van der Waals surface area contributed by atoms with Gasteiger partial charge in [0, 0.05) is 0 Å². The highest BCUT2D eigenvalue weighted by molar-refractivity contribution is 5.69. The number of benzene rings is 3. The van der Waals surface area contributed by atoms with E-state index in [9.17, 15) is 5.11 Å². The van der Waals surface area contributed by atoms with Crippen molar-refractivity contribution in [2.45, 2.75) is 13.2 Å². The van der Waals surface area contributed by atoms with Crippen molar-refractivity contribution in [3.63, 3.8) is 0 Å². The predicted octanol–water partition coefficient (Wildman–Crippen LogP) is 4.20. The zero-order chi connectivity index (χ0) is 17.8. The van der Waals surface area contributed by atoms with Gasteiger partial charge in [-0.25, -0.2) is 0 Å². The van der Waals surface area contributed by atoms with Gasteiger partial charge in [-0.1, -0.05) is 36.4 Å². The fourth-order valence-corrected chi connectivity index (χ4v) is 2.97. The van der Waals surface area contributed by atoms with Crippen LogP contribution in [0.4, 0.5) is 0 Å². The van der Waals surface area contributed by atoms with Gasteiger partial charge in [0.05, 0.1) is 6.61 Å². The van der Waals surface area contributed by atoms with E-state index in [4.69, 9.17) is 14.2 Å². The average molecular weight is 348 g/mol. The Morgan fingerprint density at radius 1 is 0.769 bits per heavy atom. The molecule has 1 N–H and O–H groups in total. The molecule has 4 heteroatoms. The summed E-state index contributed by atoms with van der Waals surface area (Å²) < 4.78 is 17.2. The molecule has 0 aromatic heterocycles. The van der Waals surface area contributed by atoms with Crippen LogP contribution in [0.15, 0.2) is 66.7 Å². The van der Waals surface area contributed by atoms with Gasteiger partial charge in [-0.2, -0.15) is 0 Å². The minimum atomic E-state index is -0.0416. The zero-order valence-corrected chi connectivity index (χ0v) is 14.4. The third-order valence-corrected chi connectivity index (χ3v) is 4.27. The number of rotatable bonds is 5. The number of aliphatic hydroxyl groups is 1. The van der Waals surface area contributed by atoms with Crippen LogP contribution in [0.5, 0.6) is 17.2 Å². The highest BCUT2D eigenvalue weighted by Gasteiger charge is 2.13. The minimum Gasteiger partial charge on any atom is -0.489 e. The minimum absolute atomic E-state index is 0.0416. The summed E-state index contributed by atoms with van der Waals surface area (Å²) in [6, 6.07) is 21.7. The largest absolute Gasteiger partial charge is 0.489 e. The topological polar surface area (TPSA) is 47.9 Å². The number of hydrogen-bond acceptors (Lipinski definition) is 4. The van der Waals surface area contributed by atoms with E-state index >= 15 is 0 Å². The number of hydrogen-bond donors (Lipinski definition) is 1. The normalized spacial score (nSPS) is 12.7. The number of aliphatic hydroxyl groups excluding tert-OH is 1. The van der Waals surface area contributed by atoms with Gasteiger partial charge in [0.25, 0.3) is 0 Å². The zero-order valence-electron chi connectivity index (χ0n) is 14.4. The molecule has 1 aliphatic heterocycles. The Labute approximate surface area is 152 Å². The quantitative estimate of drug-likeness (QED) is 0.751. The number of fused-ring (bicyclic) bond motifs is 1. The summed E-state index contributed by atoms with van der Waals surface area (Å²) in [6.07, 6.45) is 0. The first-order chi connectivity index (χ1) is 12.8. The van der Waals surface area contributed by atoms with E-state index in [2.05, 4.69) is 0 Å². The first-order valence-electron chi connectivity index (χ1n) is 8.63. The molecule has 3 aromatic carbocycles. The smallest absolute Gasteiger partial charge is 0.161 e. The third-order valence-electron chi connectivity index (χ3n) is 4.27. The lowest BCUT2D eigenvalue weighted by molar-refractivity contribution is 0.171. The second-order valence-electron chi connectivity index (χ2n) is 6.16. The van der Waals surface area contributed by atoms with Gasteiger partial charge in [-0.3, -0.25) is 0 Å². The fraction of sp³-hybridized carbons (Fsp3) is 0.182. The molecule has 0 saturated heterocycles. The van der Waals surface area contributed by atoms with Crippen molar-refractivity contribution < 1.29 is 19.3 Å². The van der Waals surface area contributed by atoms with Crippen LogP contribution in [0, 0.1) is 0 Å². The maximum absolute atomic E-state index is 9.61. The summed E-state index contributed by atoms with van der Waals surface area (Å²) in [5.41, 5.74) is 3.87. The Morgan fingerprint density at radius 3 is 2.38 bits per heavy atom. The van der Waals surface area contributed by atoms with Gasteiger partial charge in [0.15, 0.2) is 11.5 Å². The summed E-state index contributed by atoms with van der Waals surface area (Å²) in [5.74, 6) is 2.24. The van der Waals surface area contributed by atoms with Crippen LogP contribution < -0.4 is 14.2 Å². The molecule has 3 aromatic rings. The second-order valence-corrected chi connectivity index (χ2v) is 6.16. The van der Waals surface area contributed by atoms with Crippen molar-refractivity contribution >= 4 is 0 Å². The molecule has 1 aliphatic rings. The molecule has 4 nitrogen and oxygen atoms in total. The third kappa shape index (κ3) is 3.65. The Hall–Kier alpha value is -2.98. The van der Waals surface area contributed by atoms with Crippen LogP contribution in [0.3, 0.4) is 0 Å². The molecule has 1 heterocycles. The first-order valence-corrected chi connectivity index (χ1v) is 8.63. The standard InChI is InChI=1S/C22H20O4/c23-14-17-10-19(18-6-7-21-22(13-18)25-9-8-24-21)12-20(11-17)26-15-16-4-2-1-3-5-16/h1-7,10-13,23H,8-9,14-15H2. The molecule has 0 spiro atoms. The molecular weight excluding hydrogens is 328 g/mol. The van der Waals surface area contributed by atoms with Crippen molar-refractivity contribution in [2.24, 2.45) is 0 Å². The van der Waals surface area contributed by atoms with Crippen LogP contribution in [0.1, 0.15) is 11.1 Å². The van der Waals surface area contributed by atoms with E-state index in [0.29, 0.717) is 19.8 Å². The Balaban J connectivity index is 1.61. The van der Waals surface area contributed by atoms with Crippen molar-refractivity contribution in [3.05, 3.63) is 77.9 Å². The second kappa shape index (κ2) is 7.50. The molecule has 0 fully saturated rings. The summed E-state index contributed by atoms with van der Waals surface area (Å²) in [5, 5.41) is 9.61. The summed E-state index contributed by atoms with van der Waals surface area (Å²) in [4.78, 5) is 0. The fourth-order valence-electron chi connectivity index (χ4n) is 2.97. The molecular formula is C22H20O4.